The molecule has 3 aromatic rings. The van der Waals surface area contributed by atoms with Crippen LogP contribution in [0.1, 0.15) is 28.4 Å². The van der Waals surface area contributed by atoms with Gasteiger partial charge in [-0.15, -0.1) is 5.10 Å². The Labute approximate surface area is 145 Å². The SMILES string of the molecule is CC(CO)(NC(=O)c1ccnc2n[nH]nc12)c1cccc(C(F)(F)F)c1. The van der Waals surface area contributed by atoms with Gasteiger partial charge in [0, 0.05) is 6.20 Å². The van der Waals surface area contributed by atoms with E-state index in [1.165, 1.54) is 31.3 Å². The third-order valence-electron chi connectivity index (χ3n) is 4.00. The molecule has 0 aliphatic rings. The van der Waals surface area contributed by atoms with Crippen LogP contribution in [-0.2, 0) is 11.7 Å². The Bertz CT molecular complexity index is 956. The number of pyridine rings is 1. The lowest BCUT2D eigenvalue weighted by Gasteiger charge is -2.30. The Hall–Kier alpha value is -3.01. The molecule has 3 N–H and O–H groups in total. The number of nitrogens with zero attached hydrogens (tertiary/aromatic N) is 3. The standard InChI is InChI=1S/C16H14F3N5O2/c1-15(8-25,9-3-2-4-10(7-9)16(17,18)19)21-14(26)11-5-6-20-13-12(11)22-24-23-13/h2-7,25H,8H2,1H3,(H,21,26)(H,20,22,23,24). The number of hydrogen-bond donors (Lipinski definition) is 3. The summed E-state index contributed by atoms with van der Waals surface area (Å²) in [6, 6.07) is 5.86. The van der Waals surface area contributed by atoms with Gasteiger partial charge in [-0.2, -0.15) is 23.5 Å². The van der Waals surface area contributed by atoms with E-state index < -0.39 is 29.8 Å². The van der Waals surface area contributed by atoms with Crippen molar-refractivity contribution >= 4 is 17.1 Å². The summed E-state index contributed by atoms with van der Waals surface area (Å²) >= 11 is 0. The number of alkyl halides is 3. The van der Waals surface area contributed by atoms with E-state index in [1.807, 2.05) is 0 Å². The number of carbonyl (C=O) groups is 1. The Balaban J connectivity index is 1.96. The summed E-state index contributed by atoms with van der Waals surface area (Å²) in [4.78, 5) is 16.6. The first kappa shape index (κ1) is 17.8. The zero-order valence-corrected chi connectivity index (χ0v) is 13.5. The van der Waals surface area contributed by atoms with Crippen LogP contribution in [-0.4, -0.2) is 38.0 Å². The van der Waals surface area contributed by atoms with Gasteiger partial charge < -0.3 is 10.4 Å². The lowest BCUT2D eigenvalue weighted by Crippen LogP contribution is -2.46. The van der Waals surface area contributed by atoms with Gasteiger partial charge in [0.2, 0.25) is 5.65 Å². The molecule has 7 nitrogen and oxygen atoms in total. The molecule has 10 heteroatoms. The summed E-state index contributed by atoms with van der Waals surface area (Å²) in [5.41, 5.74) is -1.61. The van der Waals surface area contributed by atoms with Crippen LogP contribution in [0.5, 0.6) is 0 Å². The highest BCUT2D eigenvalue weighted by atomic mass is 19.4. The summed E-state index contributed by atoms with van der Waals surface area (Å²) in [6.45, 7) is 0.828. The van der Waals surface area contributed by atoms with Crippen molar-refractivity contribution in [2.45, 2.75) is 18.6 Å². The number of aliphatic hydroxyl groups is 1. The summed E-state index contributed by atoms with van der Waals surface area (Å²) in [7, 11) is 0. The van der Waals surface area contributed by atoms with E-state index in [0.717, 1.165) is 12.1 Å². The second-order valence-electron chi connectivity index (χ2n) is 5.88. The normalized spacial score (nSPS) is 14.2. The lowest BCUT2D eigenvalue weighted by atomic mass is 9.91. The maximum atomic E-state index is 13.0. The van der Waals surface area contributed by atoms with Crippen LogP contribution >= 0.6 is 0 Å². The van der Waals surface area contributed by atoms with Crippen LogP contribution in [0.15, 0.2) is 36.5 Å². The number of halogens is 3. The number of hydrogen-bond acceptors (Lipinski definition) is 5. The topological polar surface area (TPSA) is 104 Å². The van der Waals surface area contributed by atoms with Gasteiger partial charge in [0.25, 0.3) is 5.91 Å². The average molecular weight is 365 g/mol. The van der Waals surface area contributed by atoms with Crippen LogP contribution in [0.3, 0.4) is 0 Å². The minimum absolute atomic E-state index is 0.119. The molecule has 0 radical (unpaired) electrons. The molecule has 0 aliphatic heterocycles. The number of carbonyl (C=O) groups excluding carboxylic acids is 1. The van der Waals surface area contributed by atoms with Gasteiger partial charge in [0.1, 0.15) is 5.52 Å². The number of aromatic amines is 1. The molecule has 1 unspecified atom stereocenters. The van der Waals surface area contributed by atoms with Crippen molar-refractivity contribution in [3.8, 4) is 0 Å². The molecule has 0 saturated heterocycles. The first-order valence-electron chi connectivity index (χ1n) is 7.51. The van der Waals surface area contributed by atoms with E-state index in [-0.39, 0.29) is 22.3 Å². The average Bonchev–Trinajstić information content (AvgIpc) is 3.09. The van der Waals surface area contributed by atoms with Crippen molar-refractivity contribution in [3.63, 3.8) is 0 Å². The molecule has 0 bridgehead atoms. The highest BCUT2D eigenvalue weighted by Gasteiger charge is 2.34. The van der Waals surface area contributed by atoms with E-state index in [2.05, 4.69) is 25.7 Å². The van der Waals surface area contributed by atoms with Crippen molar-refractivity contribution in [2.24, 2.45) is 0 Å². The minimum atomic E-state index is -4.53. The zero-order valence-electron chi connectivity index (χ0n) is 13.5. The van der Waals surface area contributed by atoms with Gasteiger partial charge in [0.05, 0.1) is 23.3 Å². The second-order valence-corrected chi connectivity index (χ2v) is 5.88. The Morgan fingerprint density at radius 1 is 1.23 bits per heavy atom. The van der Waals surface area contributed by atoms with Gasteiger partial charge >= 0.3 is 6.18 Å². The van der Waals surface area contributed by atoms with Gasteiger partial charge in [0.15, 0.2) is 0 Å². The molecule has 0 spiro atoms. The molecule has 2 aromatic heterocycles. The molecule has 1 atom stereocenters. The number of aromatic nitrogens is 4. The predicted molar refractivity (Wildman–Crippen MR) is 85.0 cm³/mol. The van der Waals surface area contributed by atoms with Crippen LogP contribution in [0.25, 0.3) is 11.2 Å². The quantitative estimate of drug-likeness (QED) is 0.656. The van der Waals surface area contributed by atoms with Gasteiger partial charge in [-0.1, -0.05) is 12.1 Å². The van der Waals surface area contributed by atoms with Gasteiger partial charge in [-0.05, 0) is 30.7 Å². The molecule has 0 aliphatic carbocycles. The van der Waals surface area contributed by atoms with Gasteiger partial charge in [-0.25, -0.2) is 4.98 Å². The van der Waals surface area contributed by atoms with E-state index in [1.54, 1.807) is 0 Å². The number of fused-ring (bicyclic) bond motifs is 1. The van der Waals surface area contributed by atoms with Crippen molar-refractivity contribution < 1.29 is 23.1 Å². The number of rotatable bonds is 4. The number of H-pyrrole nitrogens is 1. The summed E-state index contributed by atoms with van der Waals surface area (Å²) in [5.74, 6) is -0.625. The largest absolute Gasteiger partial charge is 0.416 e. The van der Waals surface area contributed by atoms with Crippen LogP contribution in [0.2, 0.25) is 0 Å². The Morgan fingerprint density at radius 2 is 1.96 bits per heavy atom. The van der Waals surface area contributed by atoms with Crippen molar-refractivity contribution in [2.75, 3.05) is 6.61 Å². The molecule has 136 valence electrons. The van der Waals surface area contributed by atoms with Crippen LogP contribution < -0.4 is 5.32 Å². The minimum Gasteiger partial charge on any atom is -0.394 e. The lowest BCUT2D eigenvalue weighted by molar-refractivity contribution is -0.137. The molecule has 0 saturated carbocycles. The third-order valence-corrected chi connectivity index (χ3v) is 4.00. The summed E-state index contributed by atoms with van der Waals surface area (Å²) in [5, 5.41) is 22.3. The maximum Gasteiger partial charge on any atom is 0.416 e. The highest BCUT2D eigenvalue weighted by Crippen LogP contribution is 2.32. The number of nitrogens with one attached hydrogen (secondary N) is 2. The Morgan fingerprint density at radius 3 is 2.65 bits per heavy atom. The molecule has 3 rings (SSSR count). The van der Waals surface area contributed by atoms with E-state index in [0.29, 0.717) is 0 Å². The van der Waals surface area contributed by atoms with Crippen molar-refractivity contribution in [3.05, 3.63) is 53.2 Å². The van der Waals surface area contributed by atoms with Gasteiger partial charge in [-0.3, -0.25) is 4.79 Å². The fourth-order valence-corrected chi connectivity index (χ4v) is 2.50. The molecule has 2 heterocycles. The monoisotopic (exact) mass is 365 g/mol. The zero-order chi connectivity index (χ0) is 18.9. The first-order valence-corrected chi connectivity index (χ1v) is 7.51. The number of benzene rings is 1. The van der Waals surface area contributed by atoms with Crippen molar-refractivity contribution in [1.82, 2.24) is 25.7 Å². The number of aliphatic hydroxyl groups excluding tert-OH is 1. The molecular formula is C16H14F3N5O2. The van der Waals surface area contributed by atoms with E-state index in [9.17, 15) is 23.1 Å². The Kier molecular flexibility index (Phi) is 4.36. The maximum absolute atomic E-state index is 13.0. The fraction of sp³-hybridized carbons (Fsp3) is 0.250. The molecule has 1 aromatic carbocycles. The van der Waals surface area contributed by atoms with E-state index in [4.69, 9.17) is 0 Å². The predicted octanol–water partition coefficient (Wildman–Crippen LogP) is 2.01. The molecule has 0 fully saturated rings. The molecule has 1 amide bonds. The van der Waals surface area contributed by atoms with Crippen molar-refractivity contribution in [1.29, 1.82) is 0 Å². The highest BCUT2D eigenvalue weighted by molar-refractivity contribution is 6.04. The van der Waals surface area contributed by atoms with Crippen LogP contribution in [0.4, 0.5) is 13.2 Å². The molecular weight excluding hydrogens is 351 g/mol. The summed E-state index contributed by atoms with van der Waals surface area (Å²) < 4.78 is 38.9. The third kappa shape index (κ3) is 3.23. The number of amides is 1. The smallest absolute Gasteiger partial charge is 0.394 e. The fourth-order valence-electron chi connectivity index (χ4n) is 2.50. The molecule has 26 heavy (non-hydrogen) atoms. The second kappa shape index (κ2) is 6.37. The first-order chi connectivity index (χ1) is 12.2. The van der Waals surface area contributed by atoms with Crippen LogP contribution in [0, 0.1) is 0 Å². The van der Waals surface area contributed by atoms with E-state index >= 15 is 0 Å². The summed E-state index contributed by atoms with van der Waals surface area (Å²) in [6.07, 6.45) is -3.17.